The monoisotopic (exact) mass is 203 g/mol. The molecular weight excluding hydrogens is 191 g/mol. The number of halogens is 3. The Labute approximate surface area is 80.9 Å². The van der Waals surface area contributed by atoms with Gasteiger partial charge in [-0.1, -0.05) is 19.1 Å². The SMILES string of the molecule is CC(c1ccc(F)cc1)C(F)CNF. The number of hydrogen-bond donors (Lipinski definition) is 1. The van der Waals surface area contributed by atoms with Gasteiger partial charge in [0.05, 0.1) is 6.54 Å². The normalized spacial score (nSPS) is 15.1. The van der Waals surface area contributed by atoms with Gasteiger partial charge in [0.25, 0.3) is 0 Å². The van der Waals surface area contributed by atoms with E-state index in [-0.39, 0.29) is 12.4 Å². The van der Waals surface area contributed by atoms with Crippen molar-refractivity contribution in [3.05, 3.63) is 35.6 Å². The van der Waals surface area contributed by atoms with Crippen LogP contribution in [0.25, 0.3) is 0 Å². The summed E-state index contributed by atoms with van der Waals surface area (Å²) in [7, 11) is 0. The van der Waals surface area contributed by atoms with Crippen LogP contribution in [-0.2, 0) is 0 Å². The van der Waals surface area contributed by atoms with Crippen molar-refractivity contribution >= 4 is 0 Å². The molecular formula is C10H12F3N. The lowest BCUT2D eigenvalue weighted by Gasteiger charge is -2.15. The largest absolute Gasteiger partial charge is 0.245 e. The van der Waals surface area contributed by atoms with Crippen molar-refractivity contribution in [2.75, 3.05) is 6.54 Å². The lowest BCUT2D eigenvalue weighted by Crippen LogP contribution is -2.22. The minimum atomic E-state index is -1.31. The quantitative estimate of drug-likeness (QED) is 0.742. The summed E-state index contributed by atoms with van der Waals surface area (Å²) in [4.78, 5) is 0. The molecule has 2 atom stereocenters. The van der Waals surface area contributed by atoms with E-state index in [0.717, 1.165) is 0 Å². The molecule has 0 amide bonds. The maximum Gasteiger partial charge on any atom is 0.123 e. The summed E-state index contributed by atoms with van der Waals surface area (Å²) >= 11 is 0. The van der Waals surface area contributed by atoms with Crippen LogP contribution in [0.4, 0.5) is 13.3 Å². The van der Waals surface area contributed by atoms with Gasteiger partial charge in [0.15, 0.2) is 0 Å². The Morgan fingerprint density at radius 2 is 1.86 bits per heavy atom. The van der Waals surface area contributed by atoms with Crippen molar-refractivity contribution < 1.29 is 13.3 Å². The van der Waals surface area contributed by atoms with Gasteiger partial charge in [-0.25, -0.2) is 8.78 Å². The predicted molar refractivity (Wildman–Crippen MR) is 48.8 cm³/mol. The van der Waals surface area contributed by atoms with Gasteiger partial charge in [-0.05, 0) is 17.7 Å². The molecule has 0 saturated carbocycles. The Hall–Kier alpha value is -1.03. The zero-order valence-corrected chi connectivity index (χ0v) is 7.81. The Balaban J connectivity index is 2.68. The maximum atomic E-state index is 13.2. The maximum absolute atomic E-state index is 13.2. The van der Waals surface area contributed by atoms with Crippen LogP contribution in [0, 0.1) is 5.82 Å². The standard InChI is InChI=1S/C10H12F3N/c1-7(10(12)6-14-13)8-2-4-9(11)5-3-8/h2-5,7,10,14H,6H2,1H3. The molecule has 1 aromatic rings. The summed E-state index contributed by atoms with van der Waals surface area (Å²) in [6.07, 6.45) is -1.31. The number of alkyl halides is 1. The Bertz CT molecular complexity index is 273. The molecule has 0 aliphatic heterocycles. The number of rotatable bonds is 4. The average Bonchev–Trinajstić information content (AvgIpc) is 2.18. The van der Waals surface area contributed by atoms with Crippen LogP contribution in [0.2, 0.25) is 0 Å². The summed E-state index contributed by atoms with van der Waals surface area (Å²) < 4.78 is 37.4. The first-order valence-corrected chi connectivity index (χ1v) is 4.38. The topological polar surface area (TPSA) is 12.0 Å². The molecule has 0 aliphatic rings. The van der Waals surface area contributed by atoms with Gasteiger partial charge >= 0.3 is 0 Å². The van der Waals surface area contributed by atoms with Crippen molar-refractivity contribution in [2.24, 2.45) is 0 Å². The van der Waals surface area contributed by atoms with Gasteiger partial charge in [-0.3, -0.25) is 0 Å². The van der Waals surface area contributed by atoms with Crippen molar-refractivity contribution in [2.45, 2.75) is 19.0 Å². The van der Waals surface area contributed by atoms with E-state index in [2.05, 4.69) is 0 Å². The van der Waals surface area contributed by atoms with Crippen LogP contribution in [0.3, 0.4) is 0 Å². The number of nitrogens with one attached hydrogen (secondary N) is 1. The predicted octanol–water partition coefficient (Wildman–Crippen LogP) is 2.74. The Morgan fingerprint density at radius 1 is 1.29 bits per heavy atom. The molecule has 0 bridgehead atoms. The smallest absolute Gasteiger partial charge is 0.123 e. The number of benzene rings is 1. The van der Waals surface area contributed by atoms with Gasteiger partial charge in [-0.15, -0.1) is 4.48 Å². The second kappa shape index (κ2) is 5.00. The van der Waals surface area contributed by atoms with E-state index < -0.39 is 12.1 Å². The highest BCUT2D eigenvalue weighted by atomic mass is 19.2. The molecule has 0 aliphatic carbocycles. The lowest BCUT2D eigenvalue weighted by atomic mass is 9.96. The van der Waals surface area contributed by atoms with Crippen LogP contribution in [-0.4, -0.2) is 12.7 Å². The Kier molecular flexibility index (Phi) is 3.95. The molecule has 1 aromatic carbocycles. The summed E-state index contributed by atoms with van der Waals surface area (Å²) in [6.45, 7) is 1.29. The molecule has 1 nitrogen and oxygen atoms in total. The molecule has 78 valence electrons. The van der Waals surface area contributed by atoms with E-state index in [1.54, 1.807) is 6.92 Å². The van der Waals surface area contributed by atoms with Gasteiger partial charge in [0.2, 0.25) is 0 Å². The van der Waals surface area contributed by atoms with Crippen LogP contribution >= 0.6 is 0 Å². The van der Waals surface area contributed by atoms with Crippen molar-refractivity contribution in [1.29, 1.82) is 0 Å². The minimum Gasteiger partial charge on any atom is -0.245 e. The number of hydrogen-bond acceptors (Lipinski definition) is 1. The molecule has 0 fully saturated rings. The second-order valence-corrected chi connectivity index (χ2v) is 3.19. The molecule has 1 rings (SSSR count). The first-order chi connectivity index (χ1) is 6.65. The molecule has 0 aromatic heterocycles. The van der Waals surface area contributed by atoms with E-state index in [1.807, 2.05) is 0 Å². The molecule has 0 radical (unpaired) electrons. The van der Waals surface area contributed by atoms with E-state index in [4.69, 9.17) is 0 Å². The van der Waals surface area contributed by atoms with Crippen LogP contribution in [0.15, 0.2) is 24.3 Å². The summed E-state index contributed by atoms with van der Waals surface area (Å²) in [5, 5.41) is 0. The first-order valence-electron chi connectivity index (χ1n) is 4.38. The highest BCUT2D eigenvalue weighted by Crippen LogP contribution is 2.21. The van der Waals surface area contributed by atoms with Gasteiger partial charge in [-0.2, -0.15) is 5.54 Å². The molecule has 4 heteroatoms. The summed E-state index contributed by atoms with van der Waals surface area (Å²) in [6, 6.07) is 5.54. The minimum absolute atomic E-state index is 0.349. The molecule has 0 saturated heterocycles. The van der Waals surface area contributed by atoms with Crippen molar-refractivity contribution in [1.82, 2.24) is 5.54 Å². The molecule has 2 unspecified atom stereocenters. The third-order valence-electron chi connectivity index (χ3n) is 2.21. The highest BCUT2D eigenvalue weighted by molar-refractivity contribution is 5.20. The fraction of sp³-hybridized carbons (Fsp3) is 0.400. The first kappa shape index (κ1) is 11.0. The third kappa shape index (κ3) is 2.73. The summed E-state index contributed by atoms with van der Waals surface area (Å²) in [5.74, 6) is -0.807. The van der Waals surface area contributed by atoms with Crippen LogP contribution in [0.5, 0.6) is 0 Å². The second-order valence-electron chi connectivity index (χ2n) is 3.19. The third-order valence-corrected chi connectivity index (χ3v) is 2.21. The van der Waals surface area contributed by atoms with Crippen LogP contribution < -0.4 is 5.54 Å². The molecule has 1 N–H and O–H groups in total. The summed E-state index contributed by atoms with van der Waals surface area (Å²) in [5.41, 5.74) is 1.94. The van der Waals surface area contributed by atoms with Crippen LogP contribution in [0.1, 0.15) is 18.4 Å². The molecule has 0 heterocycles. The van der Waals surface area contributed by atoms with Gasteiger partial charge in [0.1, 0.15) is 12.0 Å². The van der Waals surface area contributed by atoms with E-state index in [1.165, 1.54) is 29.8 Å². The van der Waals surface area contributed by atoms with Gasteiger partial charge < -0.3 is 0 Å². The van der Waals surface area contributed by atoms with E-state index in [0.29, 0.717) is 5.56 Å². The zero-order chi connectivity index (χ0) is 10.6. The fourth-order valence-corrected chi connectivity index (χ4v) is 1.23. The molecule has 0 spiro atoms. The molecule has 14 heavy (non-hydrogen) atoms. The van der Waals surface area contributed by atoms with Gasteiger partial charge in [0, 0.05) is 5.92 Å². The highest BCUT2D eigenvalue weighted by Gasteiger charge is 2.17. The lowest BCUT2D eigenvalue weighted by molar-refractivity contribution is 0.220. The van der Waals surface area contributed by atoms with Crippen molar-refractivity contribution in [3.8, 4) is 0 Å². The van der Waals surface area contributed by atoms with Crippen molar-refractivity contribution in [3.63, 3.8) is 0 Å². The van der Waals surface area contributed by atoms with E-state index in [9.17, 15) is 13.3 Å². The fourth-order valence-electron chi connectivity index (χ4n) is 1.23. The van der Waals surface area contributed by atoms with E-state index >= 15 is 0 Å². The average molecular weight is 203 g/mol. The zero-order valence-electron chi connectivity index (χ0n) is 7.81. The Morgan fingerprint density at radius 3 is 2.36 bits per heavy atom.